The van der Waals surface area contributed by atoms with Crippen LogP contribution in [-0.4, -0.2) is 33.4 Å². The van der Waals surface area contributed by atoms with Crippen molar-refractivity contribution in [3.8, 4) is 0 Å². The Morgan fingerprint density at radius 3 is 2.64 bits per heavy atom. The van der Waals surface area contributed by atoms with Gasteiger partial charge in [0.15, 0.2) is 0 Å². The van der Waals surface area contributed by atoms with Crippen LogP contribution < -0.4 is 0 Å². The fourth-order valence-corrected chi connectivity index (χ4v) is 3.28. The first-order valence-electron chi connectivity index (χ1n) is 7.60. The number of piperidine rings is 1. The summed E-state index contributed by atoms with van der Waals surface area (Å²) in [6.07, 6.45) is 5.69. The van der Waals surface area contributed by atoms with Gasteiger partial charge in [0.05, 0.1) is 6.33 Å². The number of rotatable bonds is 2. The Balaban J connectivity index is 1.70. The molecular formula is C17H20ClN3O. The molecule has 1 amide bonds. The van der Waals surface area contributed by atoms with Crippen molar-refractivity contribution in [3.63, 3.8) is 0 Å². The Labute approximate surface area is 135 Å². The predicted molar refractivity (Wildman–Crippen MR) is 87.3 cm³/mol. The van der Waals surface area contributed by atoms with E-state index < -0.39 is 0 Å². The third kappa shape index (κ3) is 2.75. The van der Waals surface area contributed by atoms with Gasteiger partial charge in [-0.25, -0.2) is 4.98 Å². The van der Waals surface area contributed by atoms with E-state index in [9.17, 15) is 4.79 Å². The molecule has 0 N–H and O–H groups in total. The minimum absolute atomic E-state index is 0.0841. The zero-order valence-electron chi connectivity index (χ0n) is 12.9. The topological polar surface area (TPSA) is 38.1 Å². The molecule has 22 heavy (non-hydrogen) atoms. The smallest absolute Gasteiger partial charge is 0.254 e. The Bertz CT molecular complexity index is 687. The fraction of sp³-hybridized carbons (Fsp3) is 0.412. The van der Waals surface area contributed by atoms with Crippen molar-refractivity contribution >= 4 is 17.5 Å². The van der Waals surface area contributed by atoms with Gasteiger partial charge in [-0.3, -0.25) is 4.79 Å². The zero-order chi connectivity index (χ0) is 15.7. The SMILES string of the molecule is Cc1c(Cl)cccc1C(=O)N1CCC(n2cncc2C)CC1. The van der Waals surface area contributed by atoms with E-state index in [0.717, 1.165) is 31.5 Å². The molecule has 1 aromatic carbocycles. The molecule has 1 aromatic heterocycles. The first-order valence-corrected chi connectivity index (χ1v) is 7.98. The predicted octanol–water partition coefficient (Wildman–Crippen LogP) is 3.63. The summed E-state index contributed by atoms with van der Waals surface area (Å²) in [4.78, 5) is 18.8. The summed E-state index contributed by atoms with van der Waals surface area (Å²) in [5.41, 5.74) is 2.75. The van der Waals surface area contributed by atoms with Gasteiger partial charge in [0, 0.05) is 41.6 Å². The number of nitrogens with zero attached hydrogens (tertiary/aromatic N) is 3. The number of amides is 1. The molecule has 1 aliphatic rings. The highest BCUT2D eigenvalue weighted by molar-refractivity contribution is 6.31. The van der Waals surface area contributed by atoms with Crippen molar-refractivity contribution in [1.29, 1.82) is 0 Å². The van der Waals surface area contributed by atoms with Crippen molar-refractivity contribution in [3.05, 3.63) is 52.6 Å². The van der Waals surface area contributed by atoms with Crippen LogP contribution in [0.3, 0.4) is 0 Å². The quantitative estimate of drug-likeness (QED) is 0.848. The van der Waals surface area contributed by atoms with Crippen LogP contribution in [-0.2, 0) is 0 Å². The van der Waals surface area contributed by atoms with Gasteiger partial charge >= 0.3 is 0 Å². The standard InChI is InChI=1S/C17H20ClN3O/c1-12-10-19-11-21(12)14-6-8-20(9-7-14)17(22)15-4-3-5-16(18)13(15)2/h3-5,10-11,14H,6-9H2,1-2H3. The number of hydrogen-bond donors (Lipinski definition) is 0. The van der Waals surface area contributed by atoms with Crippen LogP contribution in [0.4, 0.5) is 0 Å². The molecule has 0 bridgehead atoms. The van der Waals surface area contributed by atoms with Crippen molar-refractivity contribution in [1.82, 2.24) is 14.5 Å². The van der Waals surface area contributed by atoms with Crippen LogP contribution in [0.5, 0.6) is 0 Å². The number of carbonyl (C=O) groups excluding carboxylic acids is 1. The van der Waals surface area contributed by atoms with Crippen LogP contribution in [0.25, 0.3) is 0 Å². The number of aromatic nitrogens is 2. The minimum atomic E-state index is 0.0841. The monoisotopic (exact) mass is 317 g/mol. The second-order valence-electron chi connectivity index (χ2n) is 5.88. The Kier molecular flexibility index (Phi) is 4.21. The Morgan fingerprint density at radius 2 is 2.00 bits per heavy atom. The summed E-state index contributed by atoms with van der Waals surface area (Å²) in [5, 5.41) is 0.648. The highest BCUT2D eigenvalue weighted by Gasteiger charge is 2.26. The third-order valence-corrected chi connectivity index (χ3v) is 4.91. The van der Waals surface area contributed by atoms with Crippen molar-refractivity contribution in [2.24, 2.45) is 0 Å². The molecule has 1 fully saturated rings. The van der Waals surface area contributed by atoms with E-state index in [4.69, 9.17) is 11.6 Å². The van der Waals surface area contributed by atoms with Gasteiger partial charge in [0.1, 0.15) is 0 Å². The van der Waals surface area contributed by atoms with Gasteiger partial charge in [0.2, 0.25) is 0 Å². The summed E-state index contributed by atoms with van der Waals surface area (Å²) in [7, 11) is 0. The highest BCUT2D eigenvalue weighted by Crippen LogP contribution is 2.26. The number of benzene rings is 1. The first-order chi connectivity index (χ1) is 10.6. The maximum absolute atomic E-state index is 12.7. The minimum Gasteiger partial charge on any atom is -0.338 e. The number of aryl methyl sites for hydroxylation is 1. The van der Waals surface area contributed by atoms with E-state index >= 15 is 0 Å². The van der Waals surface area contributed by atoms with E-state index in [1.165, 1.54) is 5.69 Å². The van der Waals surface area contributed by atoms with Gasteiger partial charge < -0.3 is 9.47 Å². The molecule has 2 heterocycles. The lowest BCUT2D eigenvalue weighted by Crippen LogP contribution is -2.39. The van der Waals surface area contributed by atoms with E-state index in [2.05, 4.69) is 16.5 Å². The molecular weight excluding hydrogens is 298 g/mol. The van der Waals surface area contributed by atoms with E-state index in [0.29, 0.717) is 16.6 Å². The number of imidazole rings is 1. The molecule has 0 spiro atoms. The van der Waals surface area contributed by atoms with Crippen molar-refractivity contribution in [2.75, 3.05) is 13.1 Å². The Hall–Kier alpha value is -1.81. The number of hydrogen-bond acceptors (Lipinski definition) is 2. The van der Waals surface area contributed by atoms with Crippen LogP contribution in [0, 0.1) is 13.8 Å². The highest BCUT2D eigenvalue weighted by atomic mass is 35.5. The summed E-state index contributed by atoms with van der Waals surface area (Å²) < 4.78 is 2.21. The summed E-state index contributed by atoms with van der Waals surface area (Å²) in [5.74, 6) is 0.0841. The maximum atomic E-state index is 12.7. The third-order valence-electron chi connectivity index (χ3n) is 4.50. The van der Waals surface area contributed by atoms with E-state index in [1.807, 2.05) is 42.5 Å². The summed E-state index contributed by atoms with van der Waals surface area (Å²) in [6, 6.07) is 5.95. The zero-order valence-corrected chi connectivity index (χ0v) is 13.7. The molecule has 0 aliphatic carbocycles. The lowest BCUT2D eigenvalue weighted by atomic mass is 10.0. The van der Waals surface area contributed by atoms with Crippen molar-refractivity contribution in [2.45, 2.75) is 32.7 Å². The van der Waals surface area contributed by atoms with E-state index in [1.54, 1.807) is 0 Å². The Morgan fingerprint density at radius 1 is 1.27 bits per heavy atom. The lowest BCUT2D eigenvalue weighted by molar-refractivity contribution is 0.0693. The maximum Gasteiger partial charge on any atom is 0.254 e. The molecule has 5 heteroatoms. The molecule has 0 radical (unpaired) electrons. The molecule has 1 aliphatic heterocycles. The molecule has 1 saturated heterocycles. The van der Waals surface area contributed by atoms with Gasteiger partial charge in [0.25, 0.3) is 5.91 Å². The van der Waals surface area contributed by atoms with Gasteiger partial charge in [-0.15, -0.1) is 0 Å². The van der Waals surface area contributed by atoms with Crippen molar-refractivity contribution < 1.29 is 4.79 Å². The number of halogens is 1. The molecule has 2 aromatic rings. The van der Waals surface area contributed by atoms with Crippen LogP contribution >= 0.6 is 11.6 Å². The van der Waals surface area contributed by atoms with Gasteiger partial charge in [-0.1, -0.05) is 17.7 Å². The number of likely N-dealkylation sites (tertiary alicyclic amines) is 1. The largest absolute Gasteiger partial charge is 0.338 e. The average Bonchev–Trinajstić information content (AvgIpc) is 2.96. The molecule has 0 unspecified atom stereocenters. The van der Waals surface area contributed by atoms with Crippen LogP contribution in [0.15, 0.2) is 30.7 Å². The normalized spacial score (nSPS) is 16.0. The average molecular weight is 318 g/mol. The second kappa shape index (κ2) is 6.13. The fourth-order valence-electron chi connectivity index (χ4n) is 3.11. The molecule has 0 saturated carbocycles. The molecule has 0 atom stereocenters. The lowest BCUT2D eigenvalue weighted by Gasteiger charge is -2.33. The summed E-state index contributed by atoms with van der Waals surface area (Å²) in [6.45, 7) is 5.51. The molecule has 4 nitrogen and oxygen atoms in total. The molecule has 116 valence electrons. The molecule has 3 rings (SSSR count). The van der Waals surface area contributed by atoms with Gasteiger partial charge in [-0.05, 0) is 44.4 Å². The first kappa shape index (κ1) is 15.1. The summed E-state index contributed by atoms with van der Waals surface area (Å²) >= 11 is 6.12. The number of carbonyl (C=O) groups is 1. The van der Waals surface area contributed by atoms with Crippen LogP contribution in [0.1, 0.15) is 40.5 Å². The second-order valence-corrected chi connectivity index (χ2v) is 6.29. The van der Waals surface area contributed by atoms with Crippen LogP contribution in [0.2, 0.25) is 5.02 Å². The van der Waals surface area contributed by atoms with Gasteiger partial charge in [-0.2, -0.15) is 0 Å². The van der Waals surface area contributed by atoms with E-state index in [-0.39, 0.29) is 5.91 Å².